The molecule has 2 heteroatoms. The lowest BCUT2D eigenvalue weighted by molar-refractivity contribution is -0.0774. The highest BCUT2D eigenvalue weighted by Crippen LogP contribution is 2.66. The molecule has 1 nitrogen and oxygen atoms in total. The average Bonchev–Trinajstić information content (AvgIpc) is 3.13. The van der Waals surface area contributed by atoms with E-state index in [0.29, 0.717) is 10.8 Å². The van der Waals surface area contributed by atoms with Gasteiger partial charge in [0.25, 0.3) is 0 Å². The predicted octanol–water partition coefficient (Wildman–Crippen LogP) is 7.09. The number of nitrogens with one attached hydrogen (secondary N) is 1. The minimum Gasteiger partial charge on any atom is -0.313 e. The molecule has 0 aromatic carbocycles. The van der Waals surface area contributed by atoms with E-state index >= 15 is 0 Å². The van der Waals surface area contributed by atoms with Crippen molar-refractivity contribution in [1.82, 2.24) is 5.32 Å². The molecule has 3 saturated carbocycles. The zero-order valence-electron chi connectivity index (χ0n) is 18.7. The molecule has 0 radical (unpaired) electrons. The summed E-state index contributed by atoms with van der Waals surface area (Å²) in [6.45, 7) is 14.0. The highest BCUT2D eigenvalue weighted by molar-refractivity contribution is 5.85. The topological polar surface area (TPSA) is 12.0 Å². The lowest BCUT2D eigenvalue weighted by Crippen LogP contribution is -2.54. The van der Waals surface area contributed by atoms with Crippen LogP contribution in [-0.2, 0) is 0 Å². The zero-order chi connectivity index (χ0) is 18.5. The van der Waals surface area contributed by atoms with Crippen molar-refractivity contribution in [2.45, 2.75) is 105 Å². The summed E-state index contributed by atoms with van der Waals surface area (Å²) in [6.07, 6.45) is 14.9. The Morgan fingerprint density at radius 1 is 0.852 bits per heavy atom. The summed E-state index contributed by atoms with van der Waals surface area (Å²) < 4.78 is 0. The van der Waals surface area contributed by atoms with Crippen molar-refractivity contribution in [2.75, 3.05) is 6.54 Å². The summed E-state index contributed by atoms with van der Waals surface area (Å²) in [5, 5.41) is 3.86. The van der Waals surface area contributed by atoms with E-state index in [1.54, 1.807) is 6.42 Å². The maximum Gasteiger partial charge on any atom is 0.0124 e. The normalized spacial score (nSPS) is 47.1. The minimum atomic E-state index is 0. The van der Waals surface area contributed by atoms with Crippen LogP contribution in [0.15, 0.2) is 0 Å². The molecule has 1 aliphatic heterocycles. The molecule has 1 saturated heterocycles. The molecule has 4 aliphatic rings. The van der Waals surface area contributed by atoms with Crippen LogP contribution in [0.2, 0.25) is 0 Å². The second-order valence-electron chi connectivity index (χ2n) is 11.7. The molecule has 1 N–H and O–H groups in total. The monoisotopic (exact) mass is 395 g/mol. The molecule has 0 aromatic rings. The first kappa shape index (κ1) is 21.9. The van der Waals surface area contributed by atoms with Crippen LogP contribution in [0.25, 0.3) is 0 Å². The van der Waals surface area contributed by atoms with Crippen LogP contribution in [0.5, 0.6) is 0 Å². The van der Waals surface area contributed by atoms with Crippen molar-refractivity contribution in [1.29, 1.82) is 0 Å². The lowest BCUT2D eigenvalue weighted by Gasteiger charge is -2.58. The van der Waals surface area contributed by atoms with Gasteiger partial charge >= 0.3 is 0 Å². The third-order valence-electron chi connectivity index (χ3n) is 10.1. The first-order valence-corrected chi connectivity index (χ1v) is 12.1. The van der Waals surface area contributed by atoms with Crippen LogP contribution in [0.3, 0.4) is 0 Å². The van der Waals surface area contributed by atoms with Gasteiger partial charge in [-0.3, -0.25) is 0 Å². The van der Waals surface area contributed by atoms with Gasteiger partial charge < -0.3 is 5.32 Å². The van der Waals surface area contributed by atoms with Crippen molar-refractivity contribution in [3.05, 3.63) is 0 Å². The Kier molecular flexibility index (Phi) is 6.64. The van der Waals surface area contributed by atoms with E-state index in [-0.39, 0.29) is 12.4 Å². The Morgan fingerprint density at radius 2 is 1.59 bits per heavy atom. The lowest BCUT2D eigenvalue weighted by atomic mass is 9.48. The Bertz CT molecular complexity index is 505. The SMILES string of the molecule is CC(C)CCCC(C)C1CCC2C3CCC4NCC[C@]4(C)C3CC[C@]12C.Cl. The van der Waals surface area contributed by atoms with Crippen LogP contribution in [0.4, 0.5) is 0 Å². The summed E-state index contributed by atoms with van der Waals surface area (Å²) in [7, 11) is 0. The second kappa shape index (κ2) is 8.17. The molecule has 27 heavy (non-hydrogen) atoms. The fourth-order valence-electron chi connectivity index (χ4n) is 8.69. The molecule has 158 valence electrons. The quantitative estimate of drug-likeness (QED) is 0.523. The highest BCUT2D eigenvalue weighted by Gasteiger charge is 2.60. The summed E-state index contributed by atoms with van der Waals surface area (Å²) in [4.78, 5) is 0. The largest absolute Gasteiger partial charge is 0.313 e. The molecule has 6 unspecified atom stereocenters. The van der Waals surface area contributed by atoms with Gasteiger partial charge in [-0.25, -0.2) is 0 Å². The summed E-state index contributed by atoms with van der Waals surface area (Å²) in [5.74, 6) is 5.93. The van der Waals surface area contributed by atoms with Crippen LogP contribution in [0.1, 0.15) is 98.8 Å². The molecule has 0 spiro atoms. The van der Waals surface area contributed by atoms with E-state index in [9.17, 15) is 0 Å². The van der Waals surface area contributed by atoms with E-state index in [1.165, 1.54) is 64.3 Å². The molecule has 4 rings (SSSR count). The summed E-state index contributed by atoms with van der Waals surface area (Å²) in [5.41, 5.74) is 1.28. The van der Waals surface area contributed by atoms with Gasteiger partial charge in [0, 0.05) is 6.04 Å². The van der Waals surface area contributed by atoms with Gasteiger partial charge in [-0.15, -0.1) is 12.4 Å². The maximum absolute atomic E-state index is 3.86. The molecule has 3 aliphatic carbocycles. The number of fused-ring (bicyclic) bond motifs is 5. The Morgan fingerprint density at radius 3 is 2.33 bits per heavy atom. The van der Waals surface area contributed by atoms with Crippen LogP contribution in [-0.4, -0.2) is 12.6 Å². The zero-order valence-corrected chi connectivity index (χ0v) is 19.5. The molecule has 0 bridgehead atoms. The van der Waals surface area contributed by atoms with Crippen molar-refractivity contribution in [3.8, 4) is 0 Å². The molecule has 1 heterocycles. The highest BCUT2D eigenvalue weighted by atomic mass is 35.5. The van der Waals surface area contributed by atoms with Crippen LogP contribution >= 0.6 is 12.4 Å². The van der Waals surface area contributed by atoms with Crippen molar-refractivity contribution in [3.63, 3.8) is 0 Å². The van der Waals surface area contributed by atoms with Gasteiger partial charge in [-0.2, -0.15) is 0 Å². The van der Waals surface area contributed by atoms with Gasteiger partial charge in [0.15, 0.2) is 0 Å². The first-order chi connectivity index (χ1) is 12.4. The number of hydrogen-bond acceptors (Lipinski definition) is 1. The van der Waals surface area contributed by atoms with Crippen molar-refractivity contribution < 1.29 is 0 Å². The fraction of sp³-hybridized carbons (Fsp3) is 1.00. The Balaban J connectivity index is 0.00000210. The number of hydrogen-bond donors (Lipinski definition) is 1. The molecule has 8 atom stereocenters. The van der Waals surface area contributed by atoms with E-state index in [0.717, 1.165) is 41.5 Å². The van der Waals surface area contributed by atoms with Gasteiger partial charge in [0.2, 0.25) is 0 Å². The first-order valence-electron chi connectivity index (χ1n) is 12.1. The maximum atomic E-state index is 3.86. The molecular weight excluding hydrogens is 350 g/mol. The third kappa shape index (κ3) is 3.63. The van der Waals surface area contributed by atoms with Crippen molar-refractivity contribution in [2.24, 2.45) is 46.3 Å². The second-order valence-corrected chi connectivity index (χ2v) is 11.7. The Labute approximate surface area is 175 Å². The molecule has 4 fully saturated rings. The fourth-order valence-corrected chi connectivity index (χ4v) is 8.69. The van der Waals surface area contributed by atoms with E-state index < -0.39 is 0 Å². The molecule has 0 amide bonds. The minimum absolute atomic E-state index is 0. The van der Waals surface area contributed by atoms with E-state index in [2.05, 4.69) is 39.9 Å². The van der Waals surface area contributed by atoms with Crippen LogP contribution in [0, 0.1) is 46.3 Å². The van der Waals surface area contributed by atoms with E-state index in [1.807, 2.05) is 0 Å². The van der Waals surface area contributed by atoms with Crippen LogP contribution < -0.4 is 5.32 Å². The van der Waals surface area contributed by atoms with Gasteiger partial charge in [-0.05, 0) is 97.8 Å². The Hall–Kier alpha value is 0.250. The van der Waals surface area contributed by atoms with E-state index in [4.69, 9.17) is 0 Å². The van der Waals surface area contributed by atoms with Crippen molar-refractivity contribution >= 4 is 12.4 Å². The third-order valence-corrected chi connectivity index (χ3v) is 10.1. The standard InChI is InChI=1S/C25H45N.ClH/c1-17(2)7-6-8-18(3)20-10-11-21-19-9-12-23-25(5,15-16-26-23)22(19)13-14-24(20,21)4;/h17-23,26H,6-16H2,1-5H3;1H/t18?,19?,20?,21?,22?,23?,24-,25-;/m1./s1. The number of rotatable bonds is 5. The average molecular weight is 396 g/mol. The molecular formula is C25H46ClN. The predicted molar refractivity (Wildman–Crippen MR) is 119 cm³/mol. The smallest absolute Gasteiger partial charge is 0.0124 e. The van der Waals surface area contributed by atoms with Gasteiger partial charge in [0.1, 0.15) is 0 Å². The number of halogens is 1. The summed E-state index contributed by atoms with van der Waals surface area (Å²) in [6, 6.07) is 0.834. The summed E-state index contributed by atoms with van der Waals surface area (Å²) >= 11 is 0. The van der Waals surface area contributed by atoms with Gasteiger partial charge in [-0.1, -0.05) is 53.9 Å². The van der Waals surface area contributed by atoms with Gasteiger partial charge in [0.05, 0.1) is 0 Å². The molecule has 0 aromatic heterocycles.